The highest BCUT2D eigenvalue weighted by Crippen LogP contribution is 2.31. The van der Waals surface area contributed by atoms with Crippen molar-refractivity contribution in [2.45, 2.75) is 51.5 Å². The number of nitrogens with zero attached hydrogens (tertiary/aromatic N) is 1. The first-order valence-corrected chi connectivity index (χ1v) is 9.83. The van der Waals surface area contributed by atoms with Crippen molar-refractivity contribution in [1.29, 1.82) is 0 Å². The van der Waals surface area contributed by atoms with Crippen LogP contribution in [-0.2, 0) is 9.59 Å². The van der Waals surface area contributed by atoms with E-state index in [-0.39, 0.29) is 23.8 Å². The van der Waals surface area contributed by atoms with Crippen LogP contribution in [0.5, 0.6) is 0 Å². The molecule has 2 aliphatic rings. The van der Waals surface area contributed by atoms with Gasteiger partial charge in [0.25, 0.3) is 5.91 Å². The van der Waals surface area contributed by atoms with E-state index in [1.54, 1.807) is 0 Å². The number of piperidine rings is 1. The molecule has 2 atom stereocenters. The number of amides is 2. The zero-order valence-corrected chi connectivity index (χ0v) is 15.8. The molecule has 0 radical (unpaired) electrons. The Kier molecular flexibility index (Phi) is 6.14. The number of hydrogen-bond donors (Lipinski definition) is 2. The number of carbonyl (C=O) groups is 3. The maximum Gasteiger partial charge on any atom is 0.306 e. The molecule has 27 heavy (non-hydrogen) atoms. The van der Waals surface area contributed by atoms with Crippen molar-refractivity contribution < 1.29 is 19.5 Å². The van der Waals surface area contributed by atoms with Crippen molar-refractivity contribution in [3.63, 3.8) is 0 Å². The summed E-state index contributed by atoms with van der Waals surface area (Å²) in [5.74, 6) is -1.32. The van der Waals surface area contributed by atoms with Gasteiger partial charge >= 0.3 is 5.97 Å². The van der Waals surface area contributed by atoms with Crippen LogP contribution >= 0.6 is 0 Å². The van der Waals surface area contributed by atoms with Gasteiger partial charge < -0.3 is 15.3 Å². The monoisotopic (exact) mass is 372 g/mol. The van der Waals surface area contributed by atoms with Crippen LogP contribution in [0, 0.1) is 18.8 Å². The average molecular weight is 372 g/mol. The molecule has 1 heterocycles. The standard InChI is InChI=1S/C21H28N2O4/c1-14-5-2-3-8-18(14)19(24)22-17-9-11-23(12-10-17)20(25)15-6-4-7-16(13-15)21(26)27/h2-3,5,8,15-17H,4,6-7,9-13H2,1H3,(H,22,24)(H,26,27). The molecule has 0 aromatic heterocycles. The number of rotatable bonds is 4. The summed E-state index contributed by atoms with van der Waals surface area (Å²) in [4.78, 5) is 38.3. The van der Waals surface area contributed by atoms with Crippen LogP contribution in [0.15, 0.2) is 24.3 Å². The summed E-state index contributed by atoms with van der Waals surface area (Å²) in [5.41, 5.74) is 1.64. The van der Waals surface area contributed by atoms with Gasteiger partial charge in [-0.1, -0.05) is 24.6 Å². The lowest BCUT2D eigenvalue weighted by atomic mass is 9.80. The van der Waals surface area contributed by atoms with E-state index in [1.165, 1.54) is 0 Å². The largest absolute Gasteiger partial charge is 0.481 e. The Bertz CT molecular complexity index is 710. The minimum absolute atomic E-state index is 0.0607. The first-order valence-electron chi connectivity index (χ1n) is 9.83. The van der Waals surface area contributed by atoms with E-state index in [1.807, 2.05) is 36.1 Å². The molecule has 0 bridgehead atoms. The Labute approximate surface area is 159 Å². The first kappa shape index (κ1) is 19.4. The summed E-state index contributed by atoms with van der Waals surface area (Å²) in [5, 5.41) is 12.3. The second-order valence-electron chi connectivity index (χ2n) is 7.79. The van der Waals surface area contributed by atoms with E-state index in [2.05, 4.69) is 5.32 Å². The van der Waals surface area contributed by atoms with Crippen LogP contribution in [0.25, 0.3) is 0 Å². The Balaban J connectivity index is 1.50. The van der Waals surface area contributed by atoms with Gasteiger partial charge in [-0.25, -0.2) is 0 Å². The summed E-state index contributed by atoms with van der Waals surface area (Å²) in [6.07, 6.45) is 4.18. The maximum atomic E-state index is 12.8. The smallest absolute Gasteiger partial charge is 0.306 e. The van der Waals surface area contributed by atoms with Gasteiger partial charge in [0, 0.05) is 30.6 Å². The molecule has 6 heteroatoms. The summed E-state index contributed by atoms with van der Waals surface area (Å²) in [6.45, 7) is 3.16. The minimum atomic E-state index is -0.787. The molecule has 2 N–H and O–H groups in total. The van der Waals surface area contributed by atoms with Crippen molar-refractivity contribution in [2.75, 3.05) is 13.1 Å². The van der Waals surface area contributed by atoms with Gasteiger partial charge in [-0.2, -0.15) is 0 Å². The van der Waals surface area contributed by atoms with Crippen molar-refractivity contribution in [3.8, 4) is 0 Å². The van der Waals surface area contributed by atoms with Gasteiger partial charge in [-0.05, 0) is 50.7 Å². The highest BCUT2D eigenvalue weighted by molar-refractivity contribution is 5.95. The predicted molar refractivity (Wildman–Crippen MR) is 101 cm³/mol. The number of nitrogens with one attached hydrogen (secondary N) is 1. The SMILES string of the molecule is Cc1ccccc1C(=O)NC1CCN(C(=O)C2CCCC(C(=O)O)C2)CC1. The van der Waals surface area contributed by atoms with Gasteiger partial charge in [0.2, 0.25) is 5.91 Å². The zero-order chi connectivity index (χ0) is 19.4. The molecule has 1 aromatic carbocycles. The highest BCUT2D eigenvalue weighted by atomic mass is 16.4. The van der Waals surface area contributed by atoms with Crippen LogP contribution in [0.1, 0.15) is 54.4 Å². The molecule has 1 aromatic rings. The topological polar surface area (TPSA) is 86.7 Å². The quantitative estimate of drug-likeness (QED) is 0.851. The first-order chi connectivity index (χ1) is 13.0. The Morgan fingerprint density at radius 3 is 2.37 bits per heavy atom. The third kappa shape index (κ3) is 4.67. The van der Waals surface area contributed by atoms with Crippen molar-refractivity contribution >= 4 is 17.8 Å². The molecule has 2 unspecified atom stereocenters. The van der Waals surface area contributed by atoms with E-state index < -0.39 is 11.9 Å². The molecule has 3 rings (SSSR count). The maximum absolute atomic E-state index is 12.8. The number of likely N-dealkylation sites (tertiary alicyclic amines) is 1. The lowest BCUT2D eigenvalue weighted by Crippen LogP contribution is -2.48. The van der Waals surface area contributed by atoms with E-state index in [0.717, 1.165) is 31.2 Å². The van der Waals surface area contributed by atoms with Crippen molar-refractivity contribution in [3.05, 3.63) is 35.4 Å². The van der Waals surface area contributed by atoms with Crippen LogP contribution in [0.4, 0.5) is 0 Å². The number of benzene rings is 1. The number of aliphatic carboxylic acids is 1. The zero-order valence-electron chi connectivity index (χ0n) is 15.8. The third-order valence-corrected chi connectivity index (χ3v) is 5.90. The molecule has 146 valence electrons. The Morgan fingerprint density at radius 1 is 1.04 bits per heavy atom. The molecule has 1 saturated heterocycles. The molecular formula is C21H28N2O4. The Hall–Kier alpha value is -2.37. The third-order valence-electron chi connectivity index (χ3n) is 5.90. The fourth-order valence-corrected chi connectivity index (χ4v) is 4.23. The van der Waals surface area contributed by atoms with Crippen LogP contribution in [-0.4, -0.2) is 46.9 Å². The molecule has 0 spiro atoms. The lowest BCUT2D eigenvalue weighted by Gasteiger charge is -2.36. The summed E-state index contributed by atoms with van der Waals surface area (Å²) in [6, 6.07) is 7.59. The van der Waals surface area contributed by atoms with E-state index >= 15 is 0 Å². The van der Waals surface area contributed by atoms with Crippen LogP contribution in [0.3, 0.4) is 0 Å². The summed E-state index contributed by atoms with van der Waals surface area (Å²) < 4.78 is 0. The minimum Gasteiger partial charge on any atom is -0.481 e. The fourth-order valence-electron chi connectivity index (χ4n) is 4.23. The Morgan fingerprint density at radius 2 is 1.70 bits per heavy atom. The molecule has 1 aliphatic heterocycles. The van der Waals surface area contributed by atoms with Gasteiger partial charge in [-0.3, -0.25) is 14.4 Å². The van der Waals surface area contributed by atoms with Crippen molar-refractivity contribution in [2.24, 2.45) is 11.8 Å². The molecule has 1 saturated carbocycles. The van der Waals surface area contributed by atoms with Gasteiger partial charge in [0.15, 0.2) is 0 Å². The number of carboxylic acid groups (broad SMARTS) is 1. The second-order valence-corrected chi connectivity index (χ2v) is 7.79. The highest BCUT2D eigenvalue weighted by Gasteiger charge is 2.34. The number of aryl methyl sites for hydroxylation is 1. The van der Waals surface area contributed by atoms with Gasteiger partial charge in [0.05, 0.1) is 5.92 Å². The van der Waals surface area contributed by atoms with Crippen LogP contribution in [0.2, 0.25) is 0 Å². The summed E-state index contributed by atoms with van der Waals surface area (Å²) in [7, 11) is 0. The van der Waals surface area contributed by atoms with Gasteiger partial charge in [0.1, 0.15) is 0 Å². The van der Waals surface area contributed by atoms with E-state index in [9.17, 15) is 19.5 Å². The second kappa shape index (κ2) is 8.55. The predicted octanol–water partition coefficient (Wildman–Crippen LogP) is 2.61. The average Bonchev–Trinajstić information content (AvgIpc) is 2.68. The van der Waals surface area contributed by atoms with E-state index in [0.29, 0.717) is 31.5 Å². The summed E-state index contributed by atoms with van der Waals surface area (Å²) >= 11 is 0. The van der Waals surface area contributed by atoms with E-state index in [4.69, 9.17) is 0 Å². The lowest BCUT2D eigenvalue weighted by molar-refractivity contribution is -0.145. The van der Waals surface area contributed by atoms with Crippen LogP contribution < -0.4 is 5.32 Å². The number of carbonyl (C=O) groups excluding carboxylic acids is 2. The molecule has 1 aliphatic carbocycles. The normalized spacial score (nSPS) is 23.7. The van der Waals surface area contributed by atoms with Crippen molar-refractivity contribution in [1.82, 2.24) is 10.2 Å². The van der Waals surface area contributed by atoms with Gasteiger partial charge in [-0.15, -0.1) is 0 Å². The molecule has 2 amide bonds. The molecule has 2 fully saturated rings. The molecule has 6 nitrogen and oxygen atoms in total. The molecular weight excluding hydrogens is 344 g/mol. The number of hydrogen-bond acceptors (Lipinski definition) is 3. The number of carboxylic acids is 1. The fraction of sp³-hybridized carbons (Fsp3) is 0.571.